The third-order valence-electron chi connectivity index (χ3n) is 22.5. The standard InChI is InChI=1S/C26H49N2P2Si.C5H5.Fe/c1-24(2,3)30(25(4,5)6)18-19-14-22(31(7,8)9)15-23(19)26(29,20-10-12-27-16-20)21-11-13-28-17-21;1-2-4-5-3-1;/h14-15,20-21,27-28H,10-13,16-18,29H2,1-9H3;1-5H;. The van der Waals surface area contributed by atoms with Crippen molar-refractivity contribution in [2.75, 3.05) is 32.3 Å². The SMILES string of the molecule is CC(C)(C)P(C[C]12[CH]3[C]4([Si](C)(C)C)[CH]5[C]1(C(P)(C1CCNC1)C1CCNC1)[Fe]35241678[CH]2[CH]1[CH]6[CH]7[CH]28)C(C)(C)C. The van der Waals surface area contributed by atoms with Crippen LogP contribution in [0.15, 0.2) is 0 Å². The Morgan fingerprint density at radius 2 is 1.27 bits per heavy atom. The number of hydrogen-bond donors (Lipinski definition) is 2. The fourth-order valence-electron chi connectivity index (χ4n) is 25.9. The molecular weight excluding hydrogens is 546 g/mol. The molecule has 8 atom stereocenters. The van der Waals surface area contributed by atoms with Crippen molar-refractivity contribution in [2.24, 2.45) is 11.8 Å². The van der Waals surface area contributed by atoms with Gasteiger partial charge in [-0.15, -0.1) is 0 Å². The van der Waals surface area contributed by atoms with Gasteiger partial charge in [0, 0.05) is 0 Å². The van der Waals surface area contributed by atoms with Gasteiger partial charge in [-0.05, 0) is 0 Å². The van der Waals surface area contributed by atoms with Gasteiger partial charge in [0.25, 0.3) is 0 Å². The third kappa shape index (κ3) is 0.517. The molecule has 12 heterocycles. The zero-order chi connectivity index (χ0) is 26.0. The molecule has 0 aromatic heterocycles. The molecule has 0 aromatic rings. The molecule has 1 spiro atoms. The molecule has 0 saturated carbocycles. The van der Waals surface area contributed by atoms with Crippen LogP contribution in [0.2, 0.25) is 65.9 Å². The van der Waals surface area contributed by atoms with E-state index in [0.29, 0.717) is 15.5 Å². The number of nitrogens with one attached hydrogen (secondary N) is 2. The van der Waals surface area contributed by atoms with E-state index in [-0.39, 0.29) is 7.92 Å². The van der Waals surface area contributed by atoms with E-state index in [1.54, 1.807) is 6.16 Å². The van der Waals surface area contributed by atoms with Crippen LogP contribution in [0.5, 0.6) is 0 Å². The van der Waals surface area contributed by atoms with E-state index in [2.05, 4.69) is 81.1 Å². The van der Waals surface area contributed by atoms with E-state index < -0.39 is 14.6 Å². The molecular formula is C31H54FeN2P2Si. The summed E-state index contributed by atoms with van der Waals surface area (Å²) in [5.41, 5.74) is 0. The molecule has 8 unspecified atom stereocenters. The fourth-order valence-corrected chi connectivity index (χ4v) is 142. The molecule has 12 aliphatic rings. The van der Waals surface area contributed by atoms with Crippen molar-refractivity contribution in [2.45, 2.75) is 136 Å². The Balaban J connectivity index is 1.20. The van der Waals surface area contributed by atoms with Gasteiger partial charge in [0.1, 0.15) is 0 Å². The van der Waals surface area contributed by atoms with Crippen molar-refractivity contribution < 1.29 is 6.51 Å². The van der Waals surface area contributed by atoms with Crippen LogP contribution in [0, 0.1) is 11.8 Å². The molecule has 12 rings (SSSR count). The Hall–Kier alpha value is 1.52. The summed E-state index contributed by atoms with van der Waals surface area (Å²) >= 11 is 0. The van der Waals surface area contributed by atoms with Crippen LogP contribution in [0.1, 0.15) is 54.4 Å². The first kappa shape index (κ1) is 22.1. The summed E-state index contributed by atoms with van der Waals surface area (Å²) in [6.07, 6.45) is 4.69. The Bertz CT molecular complexity index is 1580. The van der Waals surface area contributed by atoms with Crippen LogP contribution in [0.25, 0.3) is 0 Å². The van der Waals surface area contributed by atoms with Crippen molar-refractivity contribution >= 4 is 25.2 Å². The van der Waals surface area contributed by atoms with Gasteiger partial charge in [0.05, 0.1) is 0 Å². The summed E-state index contributed by atoms with van der Waals surface area (Å²) in [7, 11) is 2.73. The first-order chi connectivity index (χ1) is 16.9. The summed E-state index contributed by atoms with van der Waals surface area (Å²) in [5, 5.41) is 9.42. The molecule has 0 aliphatic carbocycles. The molecule has 0 bridgehead atoms. The van der Waals surface area contributed by atoms with Gasteiger partial charge < -0.3 is 0 Å². The molecule has 210 valence electrons. The van der Waals surface area contributed by atoms with Gasteiger partial charge in [-0.2, -0.15) is 0 Å². The predicted molar refractivity (Wildman–Crippen MR) is 163 cm³/mol. The first-order valence-corrected chi connectivity index (χ1v) is 27.8. The van der Waals surface area contributed by atoms with Crippen molar-refractivity contribution in [3.63, 3.8) is 0 Å². The maximum absolute atomic E-state index is 3.96. The molecule has 12 fully saturated rings. The van der Waals surface area contributed by atoms with Crippen molar-refractivity contribution in [1.29, 1.82) is 0 Å². The predicted octanol–water partition coefficient (Wildman–Crippen LogP) is 8.28. The van der Waals surface area contributed by atoms with Crippen LogP contribution in [-0.2, 0) is 6.51 Å². The monoisotopic (exact) mass is 600 g/mol. The molecule has 0 radical (unpaired) electrons. The van der Waals surface area contributed by atoms with Gasteiger partial charge in [0.2, 0.25) is 0 Å². The topological polar surface area (TPSA) is 24.1 Å². The zero-order valence-electron chi connectivity index (χ0n) is 25.0. The maximum atomic E-state index is 3.96. The normalized spacial score (nSPS) is 77.0. The summed E-state index contributed by atoms with van der Waals surface area (Å²) in [6.45, 7) is 26.1. The van der Waals surface area contributed by atoms with Crippen LogP contribution in [-0.4, -0.2) is 55.9 Å². The quantitative estimate of drug-likeness (QED) is 0.237. The second-order valence-electron chi connectivity index (χ2n) is 21.5. The van der Waals surface area contributed by atoms with Crippen LogP contribution in [0.4, 0.5) is 0 Å². The minimum atomic E-state index is -3.87. The zero-order valence-corrected chi connectivity index (χ0v) is 29.2. The average molecular weight is 601 g/mol. The van der Waals surface area contributed by atoms with E-state index in [1.807, 2.05) is 0 Å². The average Bonchev–Trinajstić information content (AvgIpc) is 3.61. The number of fused-ring (bicyclic) bond motifs is 10. The van der Waals surface area contributed by atoms with E-state index in [4.69, 9.17) is 0 Å². The van der Waals surface area contributed by atoms with E-state index in [9.17, 15) is 0 Å². The number of hydrogen-bond acceptors (Lipinski definition) is 2. The van der Waals surface area contributed by atoms with Gasteiger partial charge in [0.15, 0.2) is 0 Å². The summed E-state index contributed by atoms with van der Waals surface area (Å²) in [6, 6.07) is 0. The van der Waals surface area contributed by atoms with Crippen molar-refractivity contribution in [3.05, 3.63) is 0 Å². The van der Waals surface area contributed by atoms with E-state index in [0.717, 1.165) is 24.4 Å². The Morgan fingerprint density at radius 1 is 0.811 bits per heavy atom. The van der Waals surface area contributed by atoms with Crippen LogP contribution < -0.4 is 10.6 Å². The van der Waals surface area contributed by atoms with Crippen molar-refractivity contribution in [3.8, 4) is 0 Å². The van der Waals surface area contributed by atoms with Crippen molar-refractivity contribution in [1.82, 2.24) is 10.6 Å². The second-order valence-corrected chi connectivity index (χ2v) is 55.1. The Morgan fingerprint density at radius 3 is 1.59 bits per heavy atom. The molecule has 2 N–H and O–H groups in total. The molecule has 37 heavy (non-hydrogen) atoms. The molecule has 12 aliphatic heterocycles. The first-order valence-electron chi connectivity index (χ1n) is 16.1. The minimum absolute atomic E-state index is 0.000484. The Labute approximate surface area is 221 Å². The van der Waals surface area contributed by atoms with Gasteiger partial charge in [-0.25, -0.2) is 0 Å². The fraction of sp³-hybridized carbons (Fsp3) is 1.00. The van der Waals surface area contributed by atoms with E-state index >= 15 is 0 Å². The molecule has 0 aromatic carbocycles. The number of rotatable bonds is 6. The molecule has 6 heteroatoms. The summed E-state index contributed by atoms with van der Waals surface area (Å²) in [5.74, 6) is 1.88. The van der Waals surface area contributed by atoms with E-state index in [1.165, 1.54) is 72.7 Å². The summed E-state index contributed by atoms with van der Waals surface area (Å²) in [4.78, 5) is 9.70. The summed E-state index contributed by atoms with van der Waals surface area (Å²) < 4.78 is 2.87. The Kier molecular flexibility index (Phi) is 1.84. The third-order valence-corrected chi connectivity index (χ3v) is 81.7. The molecule has 0 amide bonds. The second kappa shape index (κ2) is 3.08. The van der Waals surface area contributed by atoms with Gasteiger partial charge in [-0.3, -0.25) is 0 Å². The van der Waals surface area contributed by atoms with Crippen LogP contribution in [0.3, 0.4) is 0 Å². The molecule has 12 saturated heterocycles. The van der Waals surface area contributed by atoms with Gasteiger partial charge >= 0.3 is 222 Å². The van der Waals surface area contributed by atoms with Gasteiger partial charge in [-0.1, -0.05) is 0 Å². The molecule has 2 nitrogen and oxygen atoms in total. The van der Waals surface area contributed by atoms with Crippen LogP contribution >= 0.6 is 17.2 Å².